The quantitative estimate of drug-likeness (QED) is 0.554. The largest absolute Gasteiger partial charge is 0.383 e. The summed E-state index contributed by atoms with van der Waals surface area (Å²) in [5, 5.41) is 8.57. The molecular weight excluding hydrogens is 248 g/mol. The fourth-order valence-corrected chi connectivity index (χ4v) is 2.66. The van der Waals surface area contributed by atoms with Crippen LogP contribution in [0.2, 0.25) is 0 Å². The molecule has 5 nitrogen and oxygen atoms in total. The lowest BCUT2D eigenvalue weighted by atomic mass is 10.3. The molecule has 18 heavy (non-hydrogen) atoms. The smallest absolute Gasteiger partial charge is 0.135 e. The number of nitrogens with two attached hydrogens (primary N) is 1. The lowest BCUT2D eigenvalue weighted by Crippen LogP contribution is -2.25. The van der Waals surface area contributed by atoms with Crippen LogP contribution in [0.4, 0.5) is 0 Å². The molecule has 0 spiro atoms. The van der Waals surface area contributed by atoms with Crippen molar-refractivity contribution in [3.63, 3.8) is 0 Å². The van der Waals surface area contributed by atoms with Crippen molar-refractivity contribution in [3.05, 3.63) is 15.6 Å². The molecule has 0 saturated heterocycles. The highest BCUT2D eigenvalue weighted by molar-refractivity contribution is 7.13. The molecule has 0 fully saturated rings. The zero-order valence-electron chi connectivity index (χ0n) is 11.3. The first kappa shape index (κ1) is 15.1. The van der Waals surface area contributed by atoms with Crippen LogP contribution >= 0.6 is 11.3 Å². The minimum Gasteiger partial charge on any atom is -0.383 e. The van der Waals surface area contributed by atoms with Gasteiger partial charge in [0.2, 0.25) is 0 Å². The van der Waals surface area contributed by atoms with Gasteiger partial charge in [-0.3, -0.25) is 5.41 Å². The van der Waals surface area contributed by atoms with Gasteiger partial charge in [-0.25, -0.2) is 4.98 Å². The van der Waals surface area contributed by atoms with E-state index in [0.717, 1.165) is 41.6 Å². The summed E-state index contributed by atoms with van der Waals surface area (Å²) in [4.78, 5) is 7.60. The van der Waals surface area contributed by atoms with Crippen molar-refractivity contribution in [1.29, 1.82) is 5.41 Å². The summed E-state index contributed by atoms with van der Waals surface area (Å²) in [6.45, 7) is 7.81. The summed E-state index contributed by atoms with van der Waals surface area (Å²) >= 11 is 1.50. The van der Waals surface area contributed by atoms with Crippen LogP contribution in [0.25, 0.3) is 0 Å². The van der Waals surface area contributed by atoms with Crippen LogP contribution in [0, 0.1) is 5.41 Å². The molecule has 0 bridgehead atoms. The van der Waals surface area contributed by atoms with E-state index < -0.39 is 0 Å². The number of nitrogens with zero attached hydrogens (tertiary/aromatic N) is 2. The van der Waals surface area contributed by atoms with Crippen molar-refractivity contribution >= 4 is 17.2 Å². The van der Waals surface area contributed by atoms with E-state index in [-0.39, 0.29) is 5.84 Å². The highest BCUT2D eigenvalue weighted by atomic mass is 32.1. The van der Waals surface area contributed by atoms with Gasteiger partial charge in [-0.05, 0) is 13.1 Å². The predicted molar refractivity (Wildman–Crippen MR) is 75.3 cm³/mol. The van der Waals surface area contributed by atoms with E-state index in [9.17, 15) is 0 Å². The fraction of sp³-hybridized carbons (Fsp3) is 0.667. The molecular formula is C12H22N4OS. The Morgan fingerprint density at radius 2 is 2.11 bits per heavy atom. The van der Waals surface area contributed by atoms with Gasteiger partial charge < -0.3 is 15.4 Å². The number of hydrogen-bond donors (Lipinski definition) is 2. The van der Waals surface area contributed by atoms with Gasteiger partial charge in [0.1, 0.15) is 5.84 Å². The summed E-state index contributed by atoms with van der Waals surface area (Å²) < 4.78 is 5.08. The van der Waals surface area contributed by atoms with E-state index in [4.69, 9.17) is 15.9 Å². The Morgan fingerprint density at radius 1 is 1.44 bits per heavy atom. The number of rotatable bonds is 8. The molecule has 0 aliphatic heterocycles. The average molecular weight is 270 g/mol. The van der Waals surface area contributed by atoms with E-state index in [1.165, 1.54) is 11.3 Å². The van der Waals surface area contributed by atoms with E-state index in [0.29, 0.717) is 6.61 Å². The van der Waals surface area contributed by atoms with Crippen molar-refractivity contribution in [2.75, 3.05) is 26.7 Å². The first-order valence-electron chi connectivity index (χ1n) is 6.16. The normalized spacial score (nSPS) is 11.1. The van der Waals surface area contributed by atoms with Crippen LogP contribution < -0.4 is 5.73 Å². The lowest BCUT2D eigenvalue weighted by Gasteiger charge is -2.16. The maximum absolute atomic E-state index is 7.54. The zero-order valence-corrected chi connectivity index (χ0v) is 12.1. The first-order chi connectivity index (χ1) is 8.62. The number of ether oxygens (including phenoxy) is 1. The minimum absolute atomic E-state index is 0.0774. The van der Waals surface area contributed by atoms with Gasteiger partial charge in [0.05, 0.1) is 22.2 Å². The lowest BCUT2D eigenvalue weighted by molar-refractivity contribution is 0.181. The Labute approximate surface area is 112 Å². The monoisotopic (exact) mass is 270 g/mol. The summed E-state index contributed by atoms with van der Waals surface area (Å²) in [6, 6.07) is 0. The summed E-state index contributed by atoms with van der Waals surface area (Å²) in [5.74, 6) is 0.0774. The molecule has 0 unspecified atom stereocenters. The molecule has 1 heterocycles. The zero-order chi connectivity index (χ0) is 13.5. The number of thiazole rings is 1. The third-order valence-corrected chi connectivity index (χ3v) is 3.99. The number of nitrogen functional groups attached to an aromatic ring is 1. The Balaban J connectivity index is 2.72. The molecule has 0 aliphatic carbocycles. The van der Waals surface area contributed by atoms with Gasteiger partial charge in [0.25, 0.3) is 0 Å². The van der Waals surface area contributed by atoms with Crippen molar-refractivity contribution < 1.29 is 4.74 Å². The standard InChI is InChI=1S/C12H22N4OS/c1-4-16(5-2)7-6-10-15-9(8-17-3)11(18-10)12(13)14/h4-8H2,1-3H3,(H3,13,14). The third kappa shape index (κ3) is 4.04. The highest BCUT2D eigenvalue weighted by Gasteiger charge is 2.13. The van der Waals surface area contributed by atoms with E-state index >= 15 is 0 Å². The van der Waals surface area contributed by atoms with Crippen molar-refractivity contribution in [2.45, 2.75) is 26.9 Å². The molecule has 0 amide bonds. The number of aromatic nitrogens is 1. The second kappa shape index (κ2) is 7.45. The Hall–Kier alpha value is -0.980. The van der Waals surface area contributed by atoms with Gasteiger partial charge in [-0.1, -0.05) is 13.8 Å². The minimum atomic E-state index is 0.0774. The summed E-state index contributed by atoms with van der Waals surface area (Å²) in [5.41, 5.74) is 6.34. The van der Waals surface area contributed by atoms with Crippen molar-refractivity contribution in [3.8, 4) is 0 Å². The van der Waals surface area contributed by atoms with Crippen LogP contribution in [0.1, 0.15) is 29.4 Å². The summed E-state index contributed by atoms with van der Waals surface area (Å²) in [6.07, 6.45) is 0.899. The molecule has 1 aromatic heterocycles. The Kier molecular flexibility index (Phi) is 6.24. The van der Waals surface area contributed by atoms with Crippen molar-refractivity contribution in [2.24, 2.45) is 5.73 Å². The highest BCUT2D eigenvalue weighted by Crippen LogP contribution is 2.19. The van der Waals surface area contributed by atoms with Crippen molar-refractivity contribution in [1.82, 2.24) is 9.88 Å². The average Bonchev–Trinajstić information content (AvgIpc) is 2.74. The molecule has 0 saturated carbocycles. The molecule has 0 aliphatic rings. The van der Waals surface area contributed by atoms with Gasteiger partial charge in [0.15, 0.2) is 0 Å². The molecule has 102 valence electrons. The number of methoxy groups -OCH3 is 1. The molecule has 6 heteroatoms. The van der Waals surface area contributed by atoms with Crippen LogP contribution in [0.15, 0.2) is 0 Å². The molecule has 0 aromatic carbocycles. The fourth-order valence-electron chi connectivity index (χ4n) is 1.75. The van der Waals surface area contributed by atoms with Crippen LogP contribution in [-0.4, -0.2) is 42.5 Å². The summed E-state index contributed by atoms with van der Waals surface area (Å²) in [7, 11) is 1.62. The maximum Gasteiger partial charge on any atom is 0.135 e. The number of hydrogen-bond acceptors (Lipinski definition) is 5. The molecule has 0 radical (unpaired) electrons. The third-order valence-electron chi connectivity index (χ3n) is 2.80. The van der Waals surface area contributed by atoms with E-state index in [1.807, 2.05) is 0 Å². The van der Waals surface area contributed by atoms with E-state index in [2.05, 4.69) is 23.7 Å². The predicted octanol–water partition coefficient (Wildman–Crippen LogP) is 1.46. The second-order valence-electron chi connectivity index (χ2n) is 4.01. The maximum atomic E-state index is 7.54. The number of amidine groups is 1. The number of nitrogens with one attached hydrogen (secondary N) is 1. The van der Waals surface area contributed by atoms with Crippen LogP contribution in [-0.2, 0) is 17.8 Å². The van der Waals surface area contributed by atoms with Gasteiger partial charge >= 0.3 is 0 Å². The Morgan fingerprint density at radius 3 is 2.61 bits per heavy atom. The van der Waals surface area contributed by atoms with Crippen LogP contribution in [0.3, 0.4) is 0 Å². The molecule has 1 aromatic rings. The molecule has 0 atom stereocenters. The second-order valence-corrected chi connectivity index (χ2v) is 5.09. The van der Waals surface area contributed by atoms with Gasteiger partial charge in [-0.15, -0.1) is 11.3 Å². The number of likely N-dealkylation sites (N-methyl/N-ethyl adjacent to an activating group) is 1. The van der Waals surface area contributed by atoms with Crippen LogP contribution in [0.5, 0.6) is 0 Å². The Bertz CT molecular complexity index is 387. The first-order valence-corrected chi connectivity index (χ1v) is 6.98. The molecule has 1 rings (SSSR count). The topological polar surface area (TPSA) is 75.2 Å². The van der Waals surface area contributed by atoms with Gasteiger partial charge in [0, 0.05) is 20.1 Å². The van der Waals surface area contributed by atoms with Gasteiger partial charge in [-0.2, -0.15) is 0 Å². The molecule has 3 N–H and O–H groups in total. The van der Waals surface area contributed by atoms with E-state index in [1.54, 1.807) is 7.11 Å². The SMILES string of the molecule is CCN(CC)CCc1nc(COC)c(C(=N)N)s1.